The molecular weight excluding hydrogens is 260 g/mol. The molecule has 0 amide bonds. The Morgan fingerprint density at radius 2 is 2.20 bits per heavy atom. The van der Waals surface area contributed by atoms with E-state index in [0.29, 0.717) is 31.0 Å². The van der Waals surface area contributed by atoms with Crippen molar-refractivity contribution in [1.29, 1.82) is 0 Å². The normalized spacial score (nSPS) is 11.7. The first-order valence-corrected chi connectivity index (χ1v) is 6.61. The highest BCUT2D eigenvalue weighted by Gasteiger charge is 2.08. The molecule has 0 aliphatic heterocycles. The molecule has 1 rings (SSSR count). The molecule has 110 valence electrons. The summed E-state index contributed by atoms with van der Waals surface area (Å²) in [5.74, 6) is -0.284. The van der Waals surface area contributed by atoms with Crippen molar-refractivity contribution in [3.63, 3.8) is 0 Å². The Labute approximate surface area is 118 Å². The molecule has 1 unspecified atom stereocenters. The minimum atomic E-state index is -0.784. The van der Waals surface area contributed by atoms with Crippen LogP contribution in [0.25, 0.3) is 0 Å². The highest BCUT2D eigenvalue weighted by molar-refractivity contribution is 5.89. The predicted octanol–water partition coefficient (Wildman–Crippen LogP) is 2.17. The van der Waals surface area contributed by atoms with E-state index < -0.39 is 5.97 Å². The molecule has 2 N–H and O–H groups in total. The van der Waals surface area contributed by atoms with Gasteiger partial charge in [0, 0.05) is 19.2 Å². The first-order valence-electron chi connectivity index (χ1n) is 6.61. The highest BCUT2D eigenvalue weighted by Crippen LogP contribution is 2.10. The summed E-state index contributed by atoms with van der Waals surface area (Å²) in [7, 11) is 0. The van der Waals surface area contributed by atoms with Crippen molar-refractivity contribution in [1.82, 2.24) is 4.98 Å². The van der Waals surface area contributed by atoms with Crippen LogP contribution in [0.5, 0.6) is 0 Å². The number of nitrogens with one attached hydrogen (secondary N) is 1. The number of ether oxygens (including phenoxy) is 1. The van der Waals surface area contributed by atoms with E-state index in [1.807, 2.05) is 6.92 Å². The zero-order valence-electron chi connectivity index (χ0n) is 11.8. The van der Waals surface area contributed by atoms with Crippen LogP contribution >= 0.6 is 0 Å². The number of rotatable bonds is 8. The summed E-state index contributed by atoms with van der Waals surface area (Å²) in [6.45, 7) is 4.70. The van der Waals surface area contributed by atoms with Gasteiger partial charge in [0.15, 0.2) is 0 Å². The standard InChI is InChI=1S/C14H20N2O4/c1-3-20-14(19)11-5-6-12(16-9-11)15-8-10(2)4-7-13(17)18/h5-6,9-10H,3-4,7-8H2,1-2H3,(H,15,16)(H,17,18). The van der Waals surface area contributed by atoms with Crippen molar-refractivity contribution < 1.29 is 19.4 Å². The molecule has 6 nitrogen and oxygen atoms in total. The lowest BCUT2D eigenvalue weighted by Crippen LogP contribution is -2.14. The maximum absolute atomic E-state index is 11.4. The Morgan fingerprint density at radius 1 is 1.45 bits per heavy atom. The minimum Gasteiger partial charge on any atom is -0.481 e. The number of aromatic nitrogens is 1. The van der Waals surface area contributed by atoms with Crippen LogP contribution in [0.4, 0.5) is 5.82 Å². The number of pyridine rings is 1. The first-order chi connectivity index (χ1) is 9.52. The Balaban J connectivity index is 2.41. The molecule has 1 atom stereocenters. The van der Waals surface area contributed by atoms with Gasteiger partial charge in [0.2, 0.25) is 0 Å². The Bertz CT molecular complexity index is 445. The lowest BCUT2D eigenvalue weighted by molar-refractivity contribution is -0.137. The monoisotopic (exact) mass is 280 g/mol. The topological polar surface area (TPSA) is 88.5 Å². The van der Waals surface area contributed by atoms with Crippen LogP contribution in [-0.2, 0) is 9.53 Å². The Morgan fingerprint density at radius 3 is 2.75 bits per heavy atom. The van der Waals surface area contributed by atoms with Gasteiger partial charge in [0.25, 0.3) is 0 Å². The summed E-state index contributed by atoms with van der Waals surface area (Å²) >= 11 is 0. The minimum absolute atomic E-state index is 0.165. The number of carboxylic acids is 1. The smallest absolute Gasteiger partial charge is 0.339 e. The van der Waals surface area contributed by atoms with Gasteiger partial charge in [0.1, 0.15) is 5.82 Å². The molecular formula is C14H20N2O4. The van der Waals surface area contributed by atoms with E-state index in [0.717, 1.165) is 0 Å². The van der Waals surface area contributed by atoms with E-state index in [2.05, 4.69) is 10.3 Å². The van der Waals surface area contributed by atoms with E-state index >= 15 is 0 Å². The van der Waals surface area contributed by atoms with Gasteiger partial charge in [-0.2, -0.15) is 0 Å². The van der Waals surface area contributed by atoms with Crippen LogP contribution < -0.4 is 5.32 Å². The average Bonchev–Trinajstić information content (AvgIpc) is 2.43. The number of carbonyl (C=O) groups excluding carboxylic acids is 1. The predicted molar refractivity (Wildman–Crippen MR) is 74.7 cm³/mol. The molecule has 20 heavy (non-hydrogen) atoms. The Kier molecular flexibility index (Phi) is 6.49. The van der Waals surface area contributed by atoms with Crippen LogP contribution in [0.3, 0.4) is 0 Å². The van der Waals surface area contributed by atoms with Gasteiger partial charge in [-0.1, -0.05) is 6.92 Å². The van der Waals surface area contributed by atoms with Gasteiger partial charge in [-0.25, -0.2) is 9.78 Å². The average molecular weight is 280 g/mol. The number of aliphatic carboxylic acids is 1. The van der Waals surface area contributed by atoms with Gasteiger partial charge >= 0.3 is 11.9 Å². The van der Waals surface area contributed by atoms with E-state index in [4.69, 9.17) is 9.84 Å². The Hall–Kier alpha value is -2.11. The third-order valence-corrected chi connectivity index (χ3v) is 2.76. The van der Waals surface area contributed by atoms with Crippen LogP contribution in [0, 0.1) is 5.92 Å². The number of carboxylic acid groups (broad SMARTS) is 1. The number of hydrogen-bond donors (Lipinski definition) is 2. The summed E-state index contributed by atoms with van der Waals surface area (Å²) < 4.78 is 4.87. The summed E-state index contributed by atoms with van der Waals surface area (Å²) in [5, 5.41) is 11.7. The number of esters is 1. The molecule has 0 saturated carbocycles. The SMILES string of the molecule is CCOC(=O)c1ccc(NCC(C)CCC(=O)O)nc1. The van der Waals surface area contributed by atoms with Crippen LogP contribution in [0.2, 0.25) is 0 Å². The molecule has 1 aromatic heterocycles. The van der Waals surface area contributed by atoms with Gasteiger partial charge < -0.3 is 15.2 Å². The summed E-state index contributed by atoms with van der Waals surface area (Å²) in [6.07, 6.45) is 2.24. The lowest BCUT2D eigenvalue weighted by atomic mass is 10.1. The number of anilines is 1. The third-order valence-electron chi connectivity index (χ3n) is 2.76. The zero-order valence-corrected chi connectivity index (χ0v) is 11.8. The van der Waals surface area contributed by atoms with Gasteiger partial charge in [-0.15, -0.1) is 0 Å². The van der Waals surface area contributed by atoms with Gasteiger partial charge in [-0.05, 0) is 31.4 Å². The summed E-state index contributed by atoms with van der Waals surface area (Å²) in [4.78, 5) is 26.0. The highest BCUT2D eigenvalue weighted by atomic mass is 16.5. The van der Waals surface area contributed by atoms with E-state index in [-0.39, 0.29) is 18.3 Å². The molecule has 0 fully saturated rings. The second kappa shape index (κ2) is 8.14. The maximum atomic E-state index is 11.4. The summed E-state index contributed by atoms with van der Waals surface area (Å²) in [6, 6.07) is 3.35. The molecule has 0 aliphatic rings. The molecule has 0 saturated heterocycles. The van der Waals surface area contributed by atoms with E-state index in [1.165, 1.54) is 6.20 Å². The van der Waals surface area contributed by atoms with Gasteiger partial charge in [0.05, 0.1) is 12.2 Å². The lowest BCUT2D eigenvalue weighted by Gasteiger charge is -2.12. The fourth-order valence-corrected chi connectivity index (χ4v) is 1.58. The van der Waals surface area contributed by atoms with Crippen LogP contribution in [-0.4, -0.2) is 35.2 Å². The van der Waals surface area contributed by atoms with Gasteiger partial charge in [-0.3, -0.25) is 4.79 Å². The first kappa shape index (κ1) is 15.9. The second-order valence-corrected chi connectivity index (χ2v) is 4.57. The zero-order chi connectivity index (χ0) is 15.0. The van der Waals surface area contributed by atoms with Crippen LogP contribution in [0.1, 0.15) is 37.0 Å². The molecule has 6 heteroatoms. The number of carbonyl (C=O) groups is 2. The van der Waals surface area contributed by atoms with Crippen LogP contribution in [0.15, 0.2) is 18.3 Å². The van der Waals surface area contributed by atoms with Crippen molar-refractivity contribution in [3.8, 4) is 0 Å². The van der Waals surface area contributed by atoms with Crippen molar-refractivity contribution >= 4 is 17.8 Å². The fraction of sp³-hybridized carbons (Fsp3) is 0.500. The van der Waals surface area contributed by atoms with Crippen molar-refractivity contribution in [2.24, 2.45) is 5.92 Å². The van der Waals surface area contributed by atoms with E-state index in [1.54, 1.807) is 19.1 Å². The molecule has 1 heterocycles. The summed E-state index contributed by atoms with van der Waals surface area (Å²) in [5.41, 5.74) is 0.413. The molecule has 0 aromatic carbocycles. The molecule has 0 spiro atoms. The number of hydrogen-bond acceptors (Lipinski definition) is 5. The molecule has 0 aliphatic carbocycles. The molecule has 0 radical (unpaired) electrons. The quantitative estimate of drug-likeness (QED) is 0.709. The third kappa shape index (κ3) is 5.69. The van der Waals surface area contributed by atoms with E-state index in [9.17, 15) is 9.59 Å². The molecule has 1 aromatic rings. The maximum Gasteiger partial charge on any atom is 0.339 e. The molecule has 0 bridgehead atoms. The second-order valence-electron chi connectivity index (χ2n) is 4.57. The van der Waals surface area contributed by atoms with Crippen molar-refractivity contribution in [2.45, 2.75) is 26.7 Å². The van der Waals surface area contributed by atoms with Crippen molar-refractivity contribution in [2.75, 3.05) is 18.5 Å². The number of nitrogens with zero attached hydrogens (tertiary/aromatic N) is 1. The van der Waals surface area contributed by atoms with Crippen molar-refractivity contribution in [3.05, 3.63) is 23.9 Å². The largest absolute Gasteiger partial charge is 0.481 e. The fourth-order valence-electron chi connectivity index (χ4n) is 1.58.